The number of halogens is 1. The van der Waals surface area contributed by atoms with E-state index in [0.29, 0.717) is 0 Å². The molecule has 0 bridgehead atoms. The van der Waals surface area contributed by atoms with Crippen molar-refractivity contribution in [1.29, 1.82) is 0 Å². The molecule has 1 rings (SSSR count). The van der Waals surface area contributed by atoms with E-state index >= 15 is 0 Å². The second-order valence-corrected chi connectivity index (χ2v) is 5.28. The summed E-state index contributed by atoms with van der Waals surface area (Å²) < 4.78 is 0. The lowest BCUT2D eigenvalue weighted by Gasteiger charge is -2.28. The van der Waals surface area contributed by atoms with Gasteiger partial charge in [-0.3, -0.25) is 0 Å². The van der Waals surface area contributed by atoms with Gasteiger partial charge >= 0.3 is 0 Å². The molecule has 1 atom stereocenters. The highest BCUT2D eigenvalue weighted by atomic mass is 35.5. The van der Waals surface area contributed by atoms with Crippen molar-refractivity contribution in [2.75, 3.05) is 0 Å². The molecule has 0 aliphatic carbocycles. The van der Waals surface area contributed by atoms with Crippen LogP contribution in [0.3, 0.4) is 0 Å². The minimum Gasteiger partial charge on any atom is -0.323 e. The maximum atomic E-state index is 6.15. The zero-order valence-electron chi connectivity index (χ0n) is 9.26. The van der Waals surface area contributed by atoms with Gasteiger partial charge in [-0.2, -0.15) is 0 Å². The predicted octanol–water partition coefficient (Wildman–Crippen LogP) is 3.69. The summed E-state index contributed by atoms with van der Waals surface area (Å²) in [7, 11) is 0. The number of benzene rings is 1. The molecule has 1 aromatic rings. The van der Waals surface area contributed by atoms with E-state index in [1.165, 1.54) is 5.56 Å². The molecule has 2 N–H and O–H groups in total. The Balaban J connectivity index is 3.08. The Hall–Kier alpha value is -0.530. The van der Waals surface area contributed by atoms with Gasteiger partial charge in [-0.15, -0.1) is 0 Å². The molecule has 1 nitrogen and oxygen atoms in total. The third-order valence-corrected chi connectivity index (χ3v) is 2.75. The first-order valence-corrected chi connectivity index (χ1v) is 5.22. The van der Waals surface area contributed by atoms with Crippen molar-refractivity contribution in [2.24, 2.45) is 11.1 Å². The molecular weight excluding hydrogens is 194 g/mol. The molecule has 0 aliphatic rings. The van der Waals surface area contributed by atoms with Crippen molar-refractivity contribution >= 4 is 11.6 Å². The van der Waals surface area contributed by atoms with Gasteiger partial charge in [-0.05, 0) is 29.5 Å². The summed E-state index contributed by atoms with van der Waals surface area (Å²) in [6, 6.07) is 6.01. The van der Waals surface area contributed by atoms with Gasteiger partial charge in [0.25, 0.3) is 0 Å². The lowest BCUT2D eigenvalue weighted by molar-refractivity contribution is 0.327. The Morgan fingerprint density at radius 2 is 1.86 bits per heavy atom. The fraction of sp³-hybridized carbons (Fsp3) is 0.500. The summed E-state index contributed by atoms with van der Waals surface area (Å²) in [4.78, 5) is 0. The van der Waals surface area contributed by atoms with Gasteiger partial charge in [0.2, 0.25) is 0 Å². The molecule has 0 saturated heterocycles. The van der Waals surface area contributed by atoms with Crippen LogP contribution in [0.25, 0.3) is 0 Å². The van der Waals surface area contributed by atoms with Gasteiger partial charge in [0.1, 0.15) is 0 Å². The van der Waals surface area contributed by atoms with Crippen LogP contribution in [0.15, 0.2) is 18.2 Å². The summed E-state index contributed by atoms with van der Waals surface area (Å²) in [5, 5.41) is 0.771. The monoisotopic (exact) mass is 211 g/mol. The Morgan fingerprint density at radius 1 is 1.29 bits per heavy atom. The fourth-order valence-corrected chi connectivity index (χ4v) is 1.70. The number of nitrogens with two attached hydrogens (primary N) is 1. The second kappa shape index (κ2) is 3.92. The SMILES string of the molecule is Cc1ccc(C(N)C(C)(C)C)c(Cl)c1. The van der Waals surface area contributed by atoms with E-state index in [9.17, 15) is 0 Å². The van der Waals surface area contributed by atoms with Gasteiger partial charge in [-0.25, -0.2) is 0 Å². The van der Waals surface area contributed by atoms with Crippen LogP contribution in [0, 0.1) is 12.3 Å². The third kappa shape index (κ3) is 2.49. The van der Waals surface area contributed by atoms with E-state index < -0.39 is 0 Å². The van der Waals surface area contributed by atoms with Gasteiger partial charge in [0, 0.05) is 11.1 Å². The quantitative estimate of drug-likeness (QED) is 0.754. The van der Waals surface area contributed by atoms with Crippen molar-refractivity contribution < 1.29 is 0 Å². The Kier molecular flexibility index (Phi) is 3.23. The summed E-state index contributed by atoms with van der Waals surface area (Å²) in [6.45, 7) is 8.38. The van der Waals surface area contributed by atoms with Gasteiger partial charge in [-0.1, -0.05) is 44.5 Å². The molecule has 0 fully saturated rings. The standard InChI is InChI=1S/C12H18ClN/c1-8-5-6-9(10(13)7-8)11(14)12(2,3)4/h5-7,11H,14H2,1-4H3. The first-order valence-electron chi connectivity index (χ1n) is 4.84. The van der Waals surface area contributed by atoms with Crippen molar-refractivity contribution in [1.82, 2.24) is 0 Å². The summed E-state index contributed by atoms with van der Waals surface area (Å²) >= 11 is 6.15. The van der Waals surface area contributed by atoms with E-state index in [2.05, 4.69) is 20.8 Å². The van der Waals surface area contributed by atoms with Crippen molar-refractivity contribution in [3.63, 3.8) is 0 Å². The molecule has 14 heavy (non-hydrogen) atoms. The average Bonchev–Trinajstić information content (AvgIpc) is 2.01. The van der Waals surface area contributed by atoms with Crippen molar-refractivity contribution in [2.45, 2.75) is 33.7 Å². The lowest BCUT2D eigenvalue weighted by Crippen LogP contribution is -2.26. The minimum atomic E-state index is -0.0180. The number of hydrogen-bond donors (Lipinski definition) is 1. The van der Waals surface area contributed by atoms with E-state index in [-0.39, 0.29) is 11.5 Å². The summed E-state index contributed by atoms with van der Waals surface area (Å²) in [5.74, 6) is 0. The first-order chi connectivity index (χ1) is 6.32. The summed E-state index contributed by atoms with van der Waals surface area (Å²) in [6.07, 6.45) is 0. The predicted molar refractivity (Wildman–Crippen MR) is 62.6 cm³/mol. The molecule has 0 radical (unpaired) electrons. The van der Waals surface area contributed by atoms with Crippen LogP contribution in [0.5, 0.6) is 0 Å². The van der Waals surface area contributed by atoms with Gasteiger partial charge in [0.05, 0.1) is 0 Å². The van der Waals surface area contributed by atoms with Crippen molar-refractivity contribution in [3.05, 3.63) is 34.3 Å². The molecular formula is C12H18ClN. The number of aryl methyl sites for hydroxylation is 1. The molecule has 2 heteroatoms. The van der Waals surface area contributed by atoms with E-state index in [0.717, 1.165) is 10.6 Å². The third-order valence-electron chi connectivity index (χ3n) is 2.42. The zero-order chi connectivity index (χ0) is 10.9. The van der Waals surface area contributed by atoms with Crippen LogP contribution in [0.4, 0.5) is 0 Å². The highest BCUT2D eigenvalue weighted by Gasteiger charge is 2.23. The van der Waals surface area contributed by atoms with E-state index in [1.807, 2.05) is 25.1 Å². The average molecular weight is 212 g/mol. The Morgan fingerprint density at radius 3 is 2.29 bits per heavy atom. The smallest absolute Gasteiger partial charge is 0.0456 e. The van der Waals surface area contributed by atoms with Crippen LogP contribution in [0.2, 0.25) is 5.02 Å². The van der Waals surface area contributed by atoms with Crippen LogP contribution in [-0.4, -0.2) is 0 Å². The van der Waals surface area contributed by atoms with E-state index in [4.69, 9.17) is 17.3 Å². The van der Waals surface area contributed by atoms with Crippen LogP contribution >= 0.6 is 11.6 Å². The van der Waals surface area contributed by atoms with Crippen molar-refractivity contribution in [3.8, 4) is 0 Å². The maximum Gasteiger partial charge on any atom is 0.0456 e. The highest BCUT2D eigenvalue weighted by molar-refractivity contribution is 6.31. The number of hydrogen-bond acceptors (Lipinski definition) is 1. The maximum absolute atomic E-state index is 6.15. The van der Waals surface area contributed by atoms with Gasteiger partial charge < -0.3 is 5.73 Å². The lowest BCUT2D eigenvalue weighted by atomic mass is 9.83. The molecule has 0 heterocycles. The summed E-state index contributed by atoms with van der Waals surface area (Å²) in [5.41, 5.74) is 8.38. The molecule has 0 aliphatic heterocycles. The molecule has 1 unspecified atom stereocenters. The molecule has 0 amide bonds. The molecule has 0 saturated carbocycles. The molecule has 1 aromatic carbocycles. The highest BCUT2D eigenvalue weighted by Crippen LogP contribution is 2.34. The molecule has 0 aromatic heterocycles. The second-order valence-electron chi connectivity index (χ2n) is 4.87. The van der Waals surface area contributed by atoms with E-state index in [1.54, 1.807) is 0 Å². The zero-order valence-corrected chi connectivity index (χ0v) is 10.0. The largest absolute Gasteiger partial charge is 0.323 e. The molecule has 78 valence electrons. The van der Waals surface area contributed by atoms with Crippen LogP contribution in [-0.2, 0) is 0 Å². The first kappa shape index (κ1) is 11.5. The minimum absolute atomic E-state index is 0.0180. The van der Waals surface area contributed by atoms with Crippen LogP contribution < -0.4 is 5.73 Å². The normalized spacial score (nSPS) is 14.1. The number of rotatable bonds is 1. The fourth-order valence-electron chi connectivity index (χ4n) is 1.35. The Bertz CT molecular complexity index is 326. The molecule has 0 spiro atoms. The Labute approximate surface area is 91.3 Å². The van der Waals surface area contributed by atoms with Crippen LogP contribution in [0.1, 0.15) is 37.9 Å². The van der Waals surface area contributed by atoms with Gasteiger partial charge in [0.15, 0.2) is 0 Å². The topological polar surface area (TPSA) is 26.0 Å².